The van der Waals surface area contributed by atoms with Crippen LogP contribution in [0.4, 0.5) is 26.3 Å². The van der Waals surface area contributed by atoms with Gasteiger partial charge < -0.3 is 0 Å². The molecule has 7 aromatic carbocycles. The van der Waals surface area contributed by atoms with Crippen molar-refractivity contribution in [1.82, 2.24) is 0 Å². The van der Waals surface area contributed by atoms with Gasteiger partial charge >= 0.3 is 12.4 Å². The Bertz CT molecular complexity index is 2370. The molecule has 0 aromatic heterocycles. The third-order valence-electron chi connectivity index (χ3n) is 8.19. The molecule has 0 aliphatic carbocycles. The zero-order valence-corrected chi connectivity index (χ0v) is 23.3. The Kier molecular flexibility index (Phi) is 6.43. The number of hydrogen-bond acceptors (Lipinski definition) is 3. The SMILES string of the molecule is [C-]#[N+]/N=c1\c2ccccc2c2c(-c3ccc(C(F)(F)F)cc3)c3c(=NC#N)c4ccccc4c3c(-c3ccc(C(F)(F)F)cc3)c12. The van der Waals surface area contributed by atoms with Crippen molar-refractivity contribution >= 4 is 43.1 Å². The molecule has 0 saturated carbocycles. The molecule has 0 amide bonds. The number of nitrogens with zero attached hydrogens (tertiary/aromatic N) is 4. The predicted molar refractivity (Wildman–Crippen MR) is 163 cm³/mol. The summed E-state index contributed by atoms with van der Waals surface area (Å²) in [5.41, 5.74) is -0.00676. The molecule has 46 heavy (non-hydrogen) atoms. The highest BCUT2D eigenvalue weighted by Gasteiger charge is 2.32. The molecule has 0 aliphatic heterocycles. The van der Waals surface area contributed by atoms with E-state index in [9.17, 15) is 31.6 Å². The molecule has 4 nitrogen and oxygen atoms in total. The summed E-state index contributed by atoms with van der Waals surface area (Å²) in [5.74, 6) is 0. The van der Waals surface area contributed by atoms with Crippen LogP contribution in [0.15, 0.2) is 107 Å². The molecule has 0 radical (unpaired) electrons. The van der Waals surface area contributed by atoms with Crippen molar-refractivity contribution in [2.24, 2.45) is 10.1 Å². The number of hydrogen-bond donors (Lipinski definition) is 0. The van der Waals surface area contributed by atoms with Crippen LogP contribution in [0.25, 0.3) is 70.3 Å². The summed E-state index contributed by atoms with van der Waals surface area (Å²) in [7, 11) is 0. The second-order valence-corrected chi connectivity index (χ2v) is 10.6. The Morgan fingerprint density at radius 1 is 0.543 bits per heavy atom. The lowest BCUT2D eigenvalue weighted by Gasteiger charge is -2.15. The summed E-state index contributed by atoms with van der Waals surface area (Å²) in [6, 6.07) is 23.4. The van der Waals surface area contributed by atoms with E-state index in [0.29, 0.717) is 65.3 Å². The summed E-state index contributed by atoms with van der Waals surface area (Å²) in [6.45, 7) is 7.63. The Morgan fingerprint density at radius 2 is 0.935 bits per heavy atom. The normalized spacial score (nSPS) is 13.2. The Balaban J connectivity index is 1.82. The van der Waals surface area contributed by atoms with Gasteiger partial charge in [-0.25, -0.2) is 0 Å². The molecule has 0 N–H and O–H groups in total. The van der Waals surface area contributed by atoms with Crippen LogP contribution >= 0.6 is 0 Å². The van der Waals surface area contributed by atoms with Crippen LogP contribution in [-0.4, -0.2) is 0 Å². The molecule has 10 heteroatoms. The van der Waals surface area contributed by atoms with E-state index in [1.807, 2.05) is 6.19 Å². The van der Waals surface area contributed by atoms with Gasteiger partial charge in [0.2, 0.25) is 6.19 Å². The molecule has 0 unspecified atom stereocenters. The van der Waals surface area contributed by atoms with E-state index in [4.69, 9.17) is 6.57 Å². The van der Waals surface area contributed by atoms with Gasteiger partial charge in [0.15, 0.2) is 5.36 Å². The van der Waals surface area contributed by atoms with Gasteiger partial charge in [0.05, 0.1) is 21.6 Å². The van der Waals surface area contributed by atoms with E-state index in [1.165, 1.54) is 24.3 Å². The van der Waals surface area contributed by atoms with Crippen molar-refractivity contribution in [1.29, 1.82) is 5.26 Å². The molecular formula is C36H16F6N4. The number of halogens is 6. The second kappa shape index (κ2) is 10.3. The Labute approximate surface area is 255 Å². The largest absolute Gasteiger partial charge is 0.416 e. The lowest BCUT2D eigenvalue weighted by molar-refractivity contribution is -0.138. The van der Waals surface area contributed by atoms with Crippen molar-refractivity contribution in [3.63, 3.8) is 0 Å². The molecule has 0 aliphatic rings. The fraction of sp³-hybridized carbons (Fsp3) is 0.0556. The fourth-order valence-electron chi connectivity index (χ4n) is 6.40. The maximum absolute atomic E-state index is 13.6. The minimum Gasteiger partial charge on any atom is -0.181 e. The van der Waals surface area contributed by atoms with Gasteiger partial charge in [0.1, 0.15) is 0 Å². The summed E-state index contributed by atoms with van der Waals surface area (Å²) >= 11 is 0. The first-order valence-electron chi connectivity index (χ1n) is 13.7. The maximum atomic E-state index is 13.6. The Morgan fingerprint density at radius 3 is 1.33 bits per heavy atom. The lowest BCUT2D eigenvalue weighted by Crippen LogP contribution is -2.06. The summed E-state index contributed by atoms with van der Waals surface area (Å²) < 4.78 is 81.7. The van der Waals surface area contributed by atoms with Crippen LogP contribution in [0.3, 0.4) is 0 Å². The van der Waals surface area contributed by atoms with Gasteiger partial charge in [0.25, 0.3) is 0 Å². The van der Waals surface area contributed by atoms with Crippen LogP contribution in [0.5, 0.6) is 0 Å². The standard InChI is InChI=1S/C36H16F6N4/c1-44-46-34-26-9-5-3-7-24(26)30-27(19-10-14-21(15-11-19)35(37,38)39)31-29(23-6-2-4-8-25(23)33(31)45-18-43)28(32(30)34)20-12-16-22(17-13-20)36(40,41)42/h2-17H/b45-33?,46-34+. The average Bonchev–Trinajstić information content (AvgIpc) is 3.53. The number of alkyl halides is 6. The third-order valence-corrected chi connectivity index (χ3v) is 8.19. The maximum Gasteiger partial charge on any atom is 0.416 e. The first-order valence-corrected chi connectivity index (χ1v) is 13.7. The number of benzene rings is 5. The molecule has 7 aromatic rings. The van der Waals surface area contributed by atoms with Gasteiger partial charge in [-0.1, -0.05) is 72.8 Å². The topological polar surface area (TPSA) is 52.9 Å². The molecule has 7 rings (SSSR count). The summed E-state index contributed by atoms with van der Waals surface area (Å²) in [6.07, 6.45) is -7.32. The number of rotatable bonds is 2. The van der Waals surface area contributed by atoms with E-state index in [1.54, 1.807) is 48.5 Å². The Hall–Kier alpha value is -6.00. The van der Waals surface area contributed by atoms with Crippen molar-refractivity contribution in [3.05, 3.63) is 130 Å². The monoisotopic (exact) mass is 618 g/mol. The molecule has 222 valence electrons. The zero-order chi connectivity index (χ0) is 32.4. The van der Waals surface area contributed by atoms with Crippen LogP contribution in [0.2, 0.25) is 0 Å². The van der Waals surface area contributed by atoms with Crippen molar-refractivity contribution < 1.29 is 26.3 Å². The van der Waals surface area contributed by atoms with Gasteiger partial charge in [0, 0.05) is 43.4 Å². The summed E-state index contributed by atoms with van der Waals surface area (Å²) in [4.78, 5) is 7.50. The minimum atomic E-state index is -4.58. The highest BCUT2D eigenvalue weighted by molar-refractivity contribution is 6.34. The van der Waals surface area contributed by atoms with Crippen LogP contribution < -0.4 is 10.7 Å². The van der Waals surface area contributed by atoms with Gasteiger partial charge in [-0.15, -0.1) is 4.95 Å². The van der Waals surface area contributed by atoms with E-state index in [2.05, 4.69) is 15.0 Å². The molecular weight excluding hydrogens is 602 g/mol. The second-order valence-electron chi connectivity index (χ2n) is 10.6. The zero-order valence-electron chi connectivity index (χ0n) is 23.3. The highest BCUT2D eigenvalue weighted by Crippen LogP contribution is 2.48. The number of fused-ring (bicyclic) bond motifs is 6. The van der Waals surface area contributed by atoms with Crippen LogP contribution in [0.1, 0.15) is 11.1 Å². The van der Waals surface area contributed by atoms with Gasteiger partial charge in [-0.2, -0.15) is 43.2 Å². The number of nitriles is 1. The molecule has 0 atom stereocenters. The quantitative estimate of drug-likeness (QED) is 0.0824. The average molecular weight is 619 g/mol. The minimum absolute atomic E-state index is 0.270. The van der Waals surface area contributed by atoms with E-state index in [-0.39, 0.29) is 10.7 Å². The van der Waals surface area contributed by atoms with Gasteiger partial charge in [-0.05, 0) is 46.2 Å². The molecule has 0 heterocycles. The molecule has 0 bridgehead atoms. The van der Waals surface area contributed by atoms with Crippen LogP contribution in [0, 0.1) is 18.0 Å². The smallest absolute Gasteiger partial charge is 0.181 e. The highest BCUT2D eigenvalue weighted by atomic mass is 19.4. The predicted octanol–water partition coefficient (Wildman–Crippen LogP) is 9.66. The molecule has 0 spiro atoms. The van der Waals surface area contributed by atoms with Crippen molar-refractivity contribution in [3.8, 4) is 28.4 Å². The van der Waals surface area contributed by atoms with E-state index >= 15 is 0 Å². The first kappa shape index (κ1) is 28.8. The lowest BCUT2D eigenvalue weighted by atomic mass is 9.87. The molecule has 0 fully saturated rings. The van der Waals surface area contributed by atoms with Crippen LogP contribution in [-0.2, 0) is 12.4 Å². The summed E-state index contributed by atoms with van der Waals surface area (Å²) in [5, 5.41) is 18.8. The molecule has 0 saturated heterocycles. The fourth-order valence-corrected chi connectivity index (χ4v) is 6.40. The van der Waals surface area contributed by atoms with Crippen molar-refractivity contribution in [2.75, 3.05) is 0 Å². The van der Waals surface area contributed by atoms with E-state index in [0.717, 1.165) is 24.3 Å². The first-order chi connectivity index (χ1) is 22.0. The van der Waals surface area contributed by atoms with Crippen molar-refractivity contribution in [2.45, 2.75) is 12.4 Å². The van der Waals surface area contributed by atoms with E-state index < -0.39 is 23.5 Å². The van der Waals surface area contributed by atoms with Gasteiger partial charge in [-0.3, -0.25) is 0 Å². The third kappa shape index (κ3) is 4.30.